The standard InChI is InChI=1S/C18H28N6O2/c1-13(2)20-17(25)6-10-23-8-4-9-24-14(12-23)11-15(21-24)18(26)16-5-7-19-22(16)3/h5,7,11,13,18,26H,4,6,8-10,12H2,1-3H3,(H,20,25). The van der Waals surface area contributed by atoms with Gasteiger partial charge in [0, 0.05) is 51.9 Å². The normalized spacial score (nSPS) is 16.3. The molecule has 0 aliphatic carbocycles. The van der Waals surface area contributed by atoms with Crippen LogP contribution in [0, 0.1) is 0 Å². The lowest BCUT2D eigenvalue weighted by atomic mass is 10.2. The van der Waals surface area contributed by atoms with E-state index in [1.807, 2.05) is 31.6 Å². The summed E-state index contributed by atoms with van der Waals surface area (Å²) in [6.07, 6.45) is 2.36. The number of aryl methyl sites for hydroxylation is 2. The Hall–Kier alpha value is -2.19. The number of fused-ring (bicyclic) bond motifs is 1. The molecular weight excluding hydrogens is 332 g/mol. The average Bonchev–Trinajstić information content (AvgIpc) is 3.13. The third-order valence-corrected chi connectivity index (χ3v) is 4.64. The molecular formula is C18H28N6O2. The van der Waals surface area contributed by atoms with Gasteiger partial charge in [0.2, 0.25) is 5.91 Å². The fraction of sp³-hybridized carbons (Fsp3) is 0.611. The molecule has 8 heteroatoms. The van der Waals surface area contributed by atoms with E-state index in [0.717, 1.165) is 44.0 Å². The number of aliphatic hydroxyl groups is 1. The first-order valence-corrected chi connectivity index (χ1v) is 9.18. The molecule has 142 valence electrons. The monoisotopic (exact) mass is 360 g/mol. The SMILES string of the molecule is CC(C)NC(=O)CCN1CCCn2nc(C(O)c3ccnn3C)cc2C1. The fourth-order valence-electron chi connectivity index (χ4n) is 3.33. The maximum absolute atomic E-state index is 11.9. The zero-order valence-electron chi connectivity index (χ0n) is 15.7. The van der Waals surface area contributed by atoms with Crippen molar-refractivity contribution in [1.82, 2.24) is 29.8 Å². The number of amides is 1. The number of carbonyl (C=O) groups excluding carboxylic acids is 1. The van der Waals surface area contributed by atoms with Crippen LogP contribution in [-0.2, 0) is 24.9 Å². The first-order valence-electron chi connectivity index (χ1n) is 9.18. The van der Waals surface area contributed by atoms with Crippen LogP contribution in [-0.4, -0.2) is 54.6 Å². The summed E-state index contributed by atoms with van der Waals surface area (Å²) in [6.45, 7) is 7.17. The van der Waals surface area contributed by atoms with E-state index in [1.54, 1.807) is 16.9 Å². The van der Waals surface area contributed by atoms with Gasteiger partial charge in [0.15, 0.2) is 0 Å². The molecule has 3 rings (SSSR count). The van der Waals surface area contributed by atoms with Gasteiger partial charge in [0.1, 0.15) is 6.10 Å². The zero-order valence-corrected chi connectivity index (χ0v) is 15.7. The van der Waals surface area contributed by atoms with Crippen LogP contribution in [0.3, 0.4) is 0 Å². The molecule has 1 aliphatic heterocycles. The molecule has 1 atom stereocenters. The minimum absolute atomic E-state index is 0.0880. The van der Waals surface area contributed by atoms with Gasteiger partial charge in [-0.2, -0.15) is 10.2 Å². The van der Waals surface area contributed by atoms with Gasteiger partial charge in [-0.25, -0.2) is 0 Å². The molecule has 1 unspecified atom stereocenters. The fourth-order valence-corrected chi connectivity index (χ4v) is 3.33. The van der Waals surface area contributed by atoms with Crippen molar-refractivity contribution in [2.45, 2.75) is 51.9 Å². The Labute approximate surface area is 153 Å². The summed E-state index contributed by atoms with van der Waals surface area (Å²) in [5.41, 5.74) is 2.44. The Morgan fingerprint density at radius 3 is 2.88 bits per heavy atom. The minimum Gasteiger partial charge on any atom is -0.380 e. The molecule has 0 saturated heterocycles. The highest BCUT2D eigenvalue weighted by molar-refractivity contribution is 5.76. The maximum atomic E-state index is 11.9. The Morgan fingerprint density at radius 1 is 1.38 bits per heavy atom. The molecule has 0 spiro atoms. The van der Waals surface area contributed by atoms with Gasteiger partial charge in [-0.1, -0.05) is 0 Å². The minimum atomic E-state index is -0.785. The number of rotatable bonds is 6. The van der Waals surface area contributed by atoms with Crippen LogP contribution in [0.15, 0.2) is 18.3 Å². The van der Waals surface area contributed by atoms with Crippen molar-refractivity contribution in [3.63, 3.8) is 0 Å². The molecule has 2 aromatic rings. The van der Waals surface area contributed by atoms with E-state index in [0.29, 0.717) is 12.1 Å². The van der Waals surface area contributed by atoms with Crippen molar-refractivity contribution in [1.29, 1.82) is 0 Å². The molecule has 26 heavy (non-hydrogen) atoms. The highest BCUT2D eigenvalue weighted by Gasteiger charge is 2.22. The largest absolute Gasteiger partial charge is 0.380 e. The third kappa shape index (κ3) is 4.31. The molecule has 3 heterocycles. The molecule has 0 fully saturated rings. The summed E-state index contributed by atoms with van der Waals surface area (Å²) in [4.78, 5) is 14.2. The van der Waals surface area contributed by atoms with E-state index in [-0.39, 0.29) is 11.9 Å². The van der Waals surface area contributed by atoms with Crippen LogP contribution in [0.2, 0.25) is 0 Å². The molecule has 8 nitrogen and oxygen atoms in total. The summed E-state index contributed by atoms with van der Waals surface area (Å²) in [6, 6.07) is 3.93. The van der Waals surface area contributed by atoms with E-state index >= 15 is 0 Å². The highest BCUT2D eigenvalue weighted by Crippen LogP contribution is 2.23. The quantitative estimate of drug-likeness (QED) is 0.796. The predicted molar refractivity (Wildman–Crippen MR) is 97.3 cm³/mol. The van der Waals surface area contributed by atoms with Gasteiger partial charge in [-0.3, -0.25) is 19.1 Å². The molecule has 0 radical (unpaired) electrons. The van der Waals surface area contributed by atoms with Crippen LogP contribution < -0.4 is 5.32 Å². The van der Waals surface area contributed by atoms with Crippen LogP contribution in [0.4, 0.5) is 0 Å². The summed E-state index contributed by atoms with van der Waals surface area (Å²) in [7, 11) is 1.81. The molecule has 0 aromatic carbocycles. The Bertz CT molecular complexity index is 751. The second kappa shape index (κ2) is 8.01. The van der Waals surface area contributed by atoms with E-state index < -0.39 is 6.10 Å². The van der Waals surface area contributed by atoms with Crippen molar-refractivity contribution in [3.8, 4) is 0 Å². The van der Waals surface area contributed by atoms with Crippen LogP contribution in [0.1, 0.15) is 49.9 Å². The van der Waals surface area contributed by atoms with Crippen LogP contribution >= 0.6 is 0 Å². The van der Waals surface area contributed by atoms with E-state index in [9.17, 15) is 9.90 Å². The van der Waals surface area contributed by atoms with Crippen molar-refractivity contribution in [2.75, 3.05) is 13.1 Å². The van der Waals surface area contributed by atoms with E-state index in [2.05, 4.69) is 20.4 Å². The number of nitrogens with zero attached hydrogens (tertiary/aromatic N) is 5. The van der Waals surface area contributed by atoms with Crippen molar-refractivity contribution >= 4 is 5.91 Å². The van der Waals surface area contributed by atoms with Gasteiger partial charge in [-0.15, -0.1) is 0 Å². The number of nitrogens with one attached hydrogen (secondary N) is 1. The lowest BCUT2D eigenvalue weighted by Gasteiger charge is -2.19. The van der Waals surface area contributed by atoms with E-state index in [4.69, 9.17) is 0 Å². The van der Waals surface area contributed by atoms with Gasteiger partial charge < -0.3 is 10.4 Å². The molecule has 0 saturated carbocycles. The summed E-state index contributed by atoms with van der Waals surface area (Å²) in [5, 5.41) is 22.2. The van der Waals surface area contributed by atoms with Crippen LogP contribution in [0.5, 0.6) is 0 Å². The smallest absolute Gasteiger partial charge is 0.221 e. The number of hydrogen-bond acceptors (Lipinski definition) is 5. The Kier molecular flexibility index (Phi) is 5.73. The van der Waals surface area contributed by atoms with Gasteiger partial charge >= 0.3 is 0 Å². The number of carbonyl (C=O) groups is 1. The number of aliphatic hydroxyl groups excluding tert-OH is 1. The number of hydrogen-bond donors (Lipinski definition) is 2. The highest BCUT2D eigenvalue weighted by atomic mass is 16.3. The average molecular weight is 360 g/mol. The molecule has 0 bridgehead atoms. The molecule has 2 aromatic heterocycles. The van der Waals surface area contributed by atoms with E-state index in [1.165, 1.54) is 0 Å². The zero-order chi connectivity index (χ0) is 18.7. The van der Waals surface area contributed by atoms with Crippen LogP contribution in [0.25, 0.3) is 0 Å². The summed E-state index contributed by atoms with van der Waals surface area (Å²) >= 11 is 0. The summed E-state index contributed by atoms with van der Waals surface area (Å²) < 4.78 is 3.64. The first-order chi connectivity index (χ1) is 12.4. The van der Waals surface area contributed by atoms with Gasteiger partial charge in [-0.05, 0) is 32.4 Å². The number of aromatic nitrogens is 4. The van der Waals surface area contributed by atoms with Gasteiger partial charge in [0.25, 0.3) is 0 Å². The lowest BCUT2D eigenvalue weighted by Crippen LogP contribution is -2.34. The lowest BCUT2D eigenvalue weighted by molar-refractivity contribution is -0.121. The second-order valence-corrected chi connectivity index (χ2v) is 7.17. The molecule has 2 N–H and O–H groups in total. The van der Waals surface area contributed by atoms with Crippen molar-refractivity contribution in [2.24, 2.45) is 7.05 Å². The first kappa shape index (κ1) is 18.6. The maximum Gasteiger partial charge on any atom is 0.221 e. The van der Waals surface area contributed by atoms with Gasteiger partial charge in [0.05, 0.1) is 17.1 Å². The predicted octanol–water partition coefficient (Wildman–Crippen LogP) is 0.819. The Balaban J connectivity index is 1.66. The second-order valence-electron chi connectivity index (χ2n) is 7.17. The third-order valence-electron chi connectivity index (χ3n) is 4.64. The molecule has 1 amide bonds. The Morgan fingerprint density at radius 2 is 2.19 bits per heavy atom. The van der Waals surface area contributed by atoms with Crippen molar-refractivity contribution < 1.29 is 9.90 Å². The topological polar surface area (TPSA) is 88.2 Å². The molecule has 1 aliphatic rings. The van der Waals surface area contributed by atoms with Crippen molar-refractivity contribution in [3.05, 3.63) is 35.4 Å². The summed E-state index contributed by atoms with van der Waals surface area (Å²) in [5.74, 6) is 0.0880.